The van der Waals surface area contributed by atoms with Gasteiger partial charge in [-0.1, -0.05) is 66.7 Å². The van der Waals surface area contributed by atoms with Crippen molar-refractivity contribution in [3.63, 3.8) is 0 Å². The lowest BCUT2D eigenvalue weighted by atomic mass is 9.85. The molecule has 5 nitrogen and oxygen atoms in total. The van der Waals surface area contributed by atoms with Gasteiger partial charge in [-0.15, -0.1) is 0 Å². The lowest BCUT2D eigenvalue weighted by Gasteiger charge is -2.26. The van der Waals surface area contributed by atoms with Crippen molar-refractivity contribution in [3.05, 3.63) is 118 Å². The summed E-state index contributed by atoms with van der Waals surface area (Å²) in [6.45, 7) is 0. The summed E-state index contributed by atoms with van der Waals surface area (Å²) in [6, 6.07) is 25.2. The van der Waals surface area contributed by atoms with Crippen LogP contribution < -0.4 is 4.90 Å². The van der Waals surface area contributed by atoms with Gasteiger partial charge in [0.2, 0.25) is 0 Å². The number of ketones is 1. The number of allylic oxidation sites excluding steroid dienone is 1. The van der Waals surface area contributed by atoms with Crippen LogP contribution >= 0.6 is 0 Å². The van der Waals surface area contributed by atoms with Crippen LogP contribution in [0.5, 0.6) is 0 Å². The largest absolute Gasteiger partial charge is 0.506 e. The van der Waals surface area contributed by atoms with Crippen molar-refractivity contribution in [2.45, 2.75) is 12.0 Å². The number of nitrogens with zero attached hydrogens (tertiary/aromatic N) is 3. The van der Waals surface area contributed by atoms with E-state index in [1.54, 1.807) is 18.2 Å². The van der Waals surface area contributed by atoms with Gasteiger partial charge in [-0.25, -0.2) is 0 Å². The Morgan fingerprint density at radius 1 is 0.812 bits per heavy atom. The number of azo groups is 1. The summed E-state index contributed by atoms with van der Waals surface area (Å²) >= 11 is 0. The van der Waals surface area contributed by atoms with E-state index < -0.39 is 0 Å². The molecular formula is C27H23N3O2. The van der Waals surface area contributed by atoms with Crippen LogP contribution in [-0.4, -0.2) is 25.0 Å². The van der Waals surface area contributed by atoms with Crippen molar-refractivity contribution in [1.82, 2.24) is 0 Å². The monoisotopic (exact) mass is 421 g/mol. The van der Waals surface area contributed by atoms with Gasteiger partial charge in [-0.2, -0.15) is 10.2 Å². The van der Waals surface area contributed by atoms with Crippen molar-refractivity contribution in [2.75, 3.05) is 19.0 Å². The maximum Gasteiger partial charge on any atom is 0.199 e. The molecule has 0 bridgehead atoms. The fourth-order valence-electron chi connectivity index (χ4n) is 4.32. The van der Waals surface area contributed by atoms with E-state index in [0.717, 1.165) is 16.8 Å². The van der Waals surface area contributed by atoms with Gasteiger partial charge in [0.25, 0.3) is 0 Å². The highest BCUT2D eigenvalue weighted by atomic mass is 16.3. The van der Waals surface area contributed by atoms with E-state index in [9.17, 15) is 9.90 Å². The van der Waals surface area contributed by atoms with Crippen LogP contribution in [0, 0.1) is 0 Å². The van der Waals surface area contributed by atoms with Crippen LogP contribution in [0.25, 0.3) is 5.76 Å². The van der Waals surface area contributed by atoms with E-state index >= 15 is 0 Å². The van der Waals surface area contributed by atoms with E-state index in [1.165, 1.54) is 0 Å². The topological polar surface area (TPSA) is 65.3 Å². The summed E-state index contributed by atoms with van der Waals surface area (Å²) in [5.74, 6) is -0.369. The molecule has 0 fully saturated rings. The van der Waals surface area contributed by atoms with Gasteiger partial charge < -0.3 is 10.0 Å². The Balaban J connectivity index is 1.57. The predicted molar refractivity (Wildman–Crippen MR) is 126 cm³/mol. The molecule has 0 saturated heterocycles. The van der Waals surface area contributed by atoms with Gasteiger partial charge in [0.1, 0.15) is 11.8 Å². The summed E-state index contributed by atoms with van der Waals surface area (Å²) in [4.78, 5) is 15.1. The van der Waals surface area contributed by atoms with E-state index in [-0.39, 0.29) is 29.1 Å². The zero-order chi connectivity index (χ0) is 22.2. The first-order chi connectivity index (χ1) is 15.5. The summed E-state index contributed by atoms with van der Waals surface area (Å²) in [5.41, 5.74) is 4.90. The van der Waals surface area contributed by atoms with Gasteiger partial charge in [0.15, 0.2) is 5.78 Å². The van der Waals surface area contributed by atoms with Crippen LogP contribution in [0.3, 0.4) is 0 Å². The number of carbonyl (C=O) groups is 1. The second kappa shape index (κ2) is 7.93. The molecule has 1 heterocycles. The Labute approximate surface area is 187 Å². The zero-order valence-corrected chi connectivity index (χ0v) is 17.9. The predicted octanol–water partition coefficient (Wildman–Crippen LogP) is 6.09. The van der Waals surface area contributed by atoms with Crippen molar-refractivity contribution in [2.24, 2.45) is 10.2 Å². The van der Waals surface area contributed by atoms with E-state index in [0.29, 0.717) is 16.8 Å². The first-order valence-electron chi connectivity index (χ1n) is 10.6. The lowest BCUT2D eigenvalue weighted by Crippen LogP contribution is -2.14. The molecule has 2 aliphatic rings. The molecule has 1 N–H and O–H groups in total. The molecule has 0 unspecified atom stereocenters. The van der Waals surface area contributed by atoms with Crippen molar-refractivity contribution in [1.29, 1.82) is 0 Å². The molecule has 32 heavy (non-hydrogen) atoms. The van der Waals surface area contributed by atoms with Crippen molar-refractivity contribution < 1.29 is 9.90 Å². The van der Waals surface area contributed by atoms with Crippen LogP contribution in [-0.2, 0) is 0 Å². The number of aliphatic hydroxyl groups excluding tert-OH is 1. The number of benzene rings is 3. The maximum atomic E-state index is 13.0. The van der Waals surface area contributed by atoms with Crippen molar-refractivity contribution in [3.8, 4) is 0 Å². The first kappa shape index (κ1) is 19.9. The minimum atomic E-state index is -0.223. The van der Waals surface area contributed by atoms with Crippen LogP contribution in [0.15, 0.2) is 106 Å². The highest BCUT2D eigenvalue weighted by Gasteiger charge is 2.35. The molecule has 3 aromatic rings. The maximum absolute atomic E-state index is 13.0. The minimum absolute atomic E-state index is 0.0311. The number of carbonyl (C=O) groups excluding carboxylic acids is 1. The number of rotatable bonds is 4. The quantitative estimate of drug-likeness (QED) is 0.554. The minimum Gasteiger partial charge on any atom is -0.506 e. The number of fused-ring (bicyclic) bond motifs is 1. The van der Waals surface area contributed by atoms with Gasteiger partial charge in [0, 0.05) is 36.8 Å². The molecule has 1 aliphatic heterocycles. The summed E-state index contributed by atoms with van der Waals surface area (Å²) in [7, 11) is 4.02. The smallest absolute Gasteiger partial charge is 0.199 e. The summed E-state index contributed by atoms with van der Waals surface area (Å²) in [6.07, 6.45) is 1.96. The molecule has 0 amide bonds. The molecule has 5 heteroatoms. The molecule has 2 atom stereocenters. The number of hydrogen-bond donors (Lipinski definition) is 1. The Bertz CT molecular complexity index is 1270. The Morgan fingerprint density at radius 3 is 2.12 bits per heavy atom. The number of anilines is 1. The Kier molecular flexibility index (Phi) is 4.94. The molecule has 3 aromatic carbocycles. The lowest BCUT2D eigenvalue weighted by molar-refractivity contribution is 0.103. The standard InChI is InChI=1S/C27H23N3O2/c1-30(2)19-14-12-18(13-15-19)25-22(17-8-4-3-5-9-17)16-23(28-29-25)24-26(31)20-10-6-7-11-21(20)27(24)32/h3-16,22,25,31H,1-2H3/t22-,25+/m1/s1. The number of aliphatic hydroxyl groups is 1. The van der Waals surface area contributed by atoms with Gasteiger partial charge in [-0.3, -0.25) is 4.79 Å². The average Bonchev–Trinajstić information content (AvgIpc) is 3.09. The van der Waals surface area contributed by atoms with Gasteiger partial charge >= 0.3 is 0 Å². The Morgan fingerprint density at radius 2 is 1.47 bits per heavy atom. The number of hydrogen-bond acceptors (Lipinski definition) is 5. The van der Waals surface area contributed by atoms with E-state index in [4.69, 9.17) is 0 Å². The highest BCUT2D eigenvalue weighted by molar-refractivity contribution is 6.22. The van der Waals surface area contributed by atoms with Gasteiger partial charge in [0.05, 0.1) is 11.3 Å². The molecular weight excluding hydrogens is 398 g/mol. The second-order valence-electron chi connectivity index (χ2n) is 8.23. The first-order valence-corrected chi connectivity index (χ1v) is 10.6. The molecule has 158 valence electrons. The van der Waals surface area contributed by atoms with Crippen LogP contribution in [0.1, 0.15) is 39.0 Å². The molecule has 1 aliphatic carbocycles. The highest BCUT2D eigenvalue weighted by Crippen LogP contribution is 2.44. The molecule has 0 radical (unpaired) electrons. The zero-order valence-electron chi connectivity index (χ0n) is 17.9. The van der Waals surface area contributed by atoms with Crippen molar-refractivity contribution >= 4 is 17.2 Å². The Hall–Kier alpha value is -3.99. The van der Waals surface area contributed by atoms with Crippen LogP contribution in [0.2, 0.25) is 0 Å². The SMILES string of the molecule is CN(C)c1ccc([C@@H]2N=NC(C3=C(O)c4ccccc4C3=O)=C[C@@H]2c2ccccc2)cc1. The summed E-state index contributed by atoms with van der Waals surface area (Å²) < 4.78 is 0. The van der Waals surface area contributed by atoms with E-state index in [2.05, 4.69) is 51.5 Å². The third-order valence-electron chi connectivity index (χ3n) is 6.05. The molecule has 5 rings (SSSR count). The molecule has 0 saturated carbocycles. The molecule has 0 aromatic heterocycles. The molecule has 0 spiro atoms. The third kappa shape index (κ3) is 3.32. The average molecular weight is 422 g/mol. The second-order valence-corrected chi connectivity index (χ2v) is 8.23. The summed E-state index contributed by atoms with van der Waals surface area (Å²) in [5, 5.41) is 19.9. The fourth-order valence-corrected chi connectivity index (χ4v) is 4.32. The van der Waals surface area contributed by atoms with E-state index in [1.807, 2.05) is 44.4 Å². The number of Topliss-reactive ketones (excluding diaryl/α,β-unsaturated/α-hetero) is 1. The van der Waals surface area contributed by atoms with Crippen LogP contribution in [0.4, 0.5) is 5.69 Å². The fraction of sp³-hybridized carbons (Fsp3) is 0.148. The van der Waals surface area contributed by atoms with Gasteiger partial charge in [-0.05, 0) is 29.3 Å². The third-order valence-corrected chi connectivity index (χ3v) is 6.05. The normalized spacial score (nSPS) is 19.7.